The molecule has 82 valence electrons. The van der Waals surface area contributed by atoms with Gasteiger partial charge in [-0.25, -0.2) is 4.79 Å². The number of primary amides is 1. The molecular weight excluding hydrogens is 200 g/mol. The van der Waals surface area contributed by atoms with Crippen LogP contribution in [0.2, 0.25) is 0 Å². The Kier molecular flexibility index (Phi) is 3.35. The van der Waals surface area contributed by atoms with Crippen molar-refractivity contribution in [2.45, 2.75) is 13.2 Å². The van der Waals surface area contributed by atoms with Gasteiger partial charge in [-0.2, -0.15) is 0 Å². The van der Waals surface area contributed by atoms with E-state index in [1.807, 2.05) is 0 Å². The molecule has 1 aromatic rings. The Bertz CT molecular complexity index is 365. The zero-order valence-electron chi connectivity index (χ0n) is 8.10. The Hall–Kier alpha value is -1.95. The van der Waals surface area contributed by atoms with Crippen LogP contribution >= 0.6 is 0 Å². The van der Waals surface area contributed by atoms with E-state index in [4.69, 9.17) is 15.6 Å². The smallest absolute Gasteiger partial charge is 0.316 e. The molecule has 0 heterocycles. The molecule has 0 aromatic heterocycles. The topological polar surface area (TPSA) is 105 Å². The number of aliphatic hydroxyl groups is 1. The summed E-state index contributed by atoms with van der Waals surface area (Å²) >= 11 is 0. The molecule has 1 aromatic carbocycles. The fraction of sp³-hybridized carbons (Fsp3) is 0.222. The van der Waals surface area contributed by atoms with Gasteiger partial charge >= 0.3 is 6.03 Å². The van der Waals surface area contributed by atoms with E-state index in [2.05, 4.69) is 5.32 Å². The number of ether oxygens (including phenoxy) is 1. The molecule has 1 unspecified atom stereocenters. The quantitative estimate of drug-likeness (QED) is 0.550. The van der Waals surface area contributed by atoms with Gasteiger partial charge in [0.2, 0.25) is 0 Å². The predicted octanol–water partition coefficient (Wildman–Crippen LogP) is 0.600. The Morgan fingerprint density at radius 1 is 1.60 bits per heavy atom. The first-order chi connectivity index (χ1) is 6.99. The van der Waals surface area contributed by atoms with E-state index in [9.17, 15) is 9.90 Å². The van der Waals surface area contributed by atoms with E-state index < -0.39 is 12.3 Å². The number of carbonyl (C=O) groups is 1. The summed E-state index contributed by atoms with van der Waals surface area (Å²) in [5.41, 5.74) is 5.24. The highest BCUT2D eigenvalue weighted by molar-refractivity contribution is 5.88. The number of urea groups is 1. The molecule has 6 heteroatoms. The number of hydrogen-bond donors (Lipinski definition) is 4. The second kappa shape index (κ2) is 4.52. The lowest BCUT2D eigenvalue weighted by atomic mass is 10.3. The summed E-state index contributed by atoms with van der Waals surface area (Å²) in [6.45, 7) is 1.41. The summed E-state index contributed by atoms with van der Waals surface area (Å²) in [5.74, 6) is -0.0674. The van der Waals surface area contributed by atoms with Gasteiger partial charge < -0.3 is 26.0 Å². The number of hydrogen-bond acceptors (Lipinski definition) is 4. The maximum Gasteiger partial charge on any atom is 0.316 e. The molecule has 0 radical (unpaired) electrons. The highest BCUT2D eigenvalue weighted by atomic mass is 16.6. The number of carbonyl (C=O) groups excluding carboxylic acids is 1. The fourth-order valence-electron chi connectivity index (χ4n) is 1.02. The number of nitrogens with one attached hydrogen (secondary N) is 1. The third-order valence-corrected chi connectivity index (χ3v) is 1.52. The zero-order valence-corrected chi connectivity index (χ0v) is 8.10. The molecule has 6 nitrogen and oxygen atoms in total. The summed E-state index contributed by atoms with van der Waals surface area (Å²) in [5, 5.41) is 20.6. The lowest BCUT2D eigenvalue weighted by Crippen LogP contribution is -2.19. The van der Waals surface area contributed by atoms with Crippen molar-refractivity contribution >= 4 is 11.7 Å². The summed E-state index contributed by atoms with van der Waals surface area (Å²) in [4.78, 5) is 10.5. The Morgan fingerprint density at radius 2 is 2.27 bits per heavy atom. The lowest BCUT2D eigenvalue weighted by molar-refractivity contribution is -0.00206. The van der Waals surface area contributed by atoms with Crippen LogP contribution < -0.4 is 15.8 Å². The predicted molar refractivity (Wildman–Crippen MR) is 53.6 cm³/mol. The maximum atomic E-state index is 10.5. The van der Waals surface area contributed by atoms with Crippen LogP contribution in [0.25, 0.3) is 0 Å². The van der Waals surface area contributed by atoms with Gasteiger partial charge in [-0.3, -0.25) is 0 Å². The molecule has 0 saturated carbocycles. The molecule has 0 saturated heterocycles. The molecule has 1 atom stereocenters. The Balaban J connectivity index is 2.83. The molecular formula is C9H12N2O4. The fourth-order valence-corrected chi connectivity index (χ4v) is 1.02. The molecule has 0 spiro atoms. The number of phenolic OH excluding ortho intramolecular Hbond substituents is 1. The van der Waals surface area contributed by atoms with Gasteiger partial charge in [0.25, 0.3) is 0 Å². The van der Waals surface area contributed by atoms with Gasteiger partial charge in [-0.15, -0.1) is 0 Å². The van der Waals surface area contributed by atoms with Crippen LogP contribution in [0.1, 0.15) is 6.92 Å². The van der Waals surface area contributed by atoms with Gasteiger partial charge in [0, 0.05) is 11.8 Å². The molecule has 0 aliphatic carbocycles. The molecule has 0 fully saturated rings. The highest BCUT2D eigenvalue weighted by Crippen LogP contribution is 2.29. The van der Waals surface area contributed by atoms with Crippen molar-refractivity contribution in [3.05, 3.63) is 18.2 Å². The minimum atomic E-state index is -1.02. The van der Waals surface area contributed by atoms with Crippen LogP contribution in [0.5, 0.6) is 11.5 Å². The standard InChI is InChI=1S/C9H12N2O4/c1-5(12)15-8-3-2-6(4-7(8)13)11-9(10)14/h2-5,12-13H,1H3,(H3,10,11,14). The summed E-state index contributed by atoms with van der Waals surface area (Å²) < 4.78 is 4.87. The molecule has 0 bridgehead atoms. The van der Waals surface area contributed by atoms with E-state index in [1.165, 1.54) is 25.1 Å². The molecule has 2 amide bonds. The van der Waals surface area contributed by atoms with Crippen molar-refractivity contribution in [3.63, 3.8) is 0 Å². The molecule has 0 aliphatic rings. The summed E-state index contributed by atoms with van der Waals surface area (Å²) in [6, 6.07) is 3.44. The van der Waals surface area contributed by atoms with E-state index in [1.54, 1.807) is 0 Å². The van der Waals surface area contributed by atoms with Gasteiger partial charge in [-0.05, 0) is 19.1 Å². The Morgan fingerprint density at radius 3 is 2.73 bits per heavy atom. The van der Waals surface area contributed by atoms with Crippen LogP contribution in [0.15, 0.2) is 18.2 Å². The van der Waals surface area contributed by atoms with Crippen molar-refractivity contribution in [3.8, 4) is 11.5 Å². The number of rotatable bonds is 3. The summed E-state index contributed by atoms with van der Waals surface area (Å²) in [6.07, 6.45) is -1.02. The molecule has 0 aliphatic heterocycles. The van der Waals surface area contributed by atoms with Gasteiger partial charge in [-0.1, -0.05) is 0 Å². The van der Waals surface area contributed by atoms with Gasteiger partial charge in [0.05, 0.1) is 0 Å². The first-order valence-corrected chi connectivity index (χ1v) is 4.23. The van der Waals surface area contributed by atoms with Crippen LogP contribution in [-0.2, 0) is 0 Å². The molecule has 5 N–H and O–H groups in total. The molecule has 1 rings (SSSR count). The maximum absolute atomic E-state index is 10.5. The van der Waals surface area contributed by atoms with Crippen LogP contribution in [0.4, 0.5) is 10.5 Å². The van der Waals surface area contributed by atoms with E-state index in [-0.39, 0.29) is 11.5 Å². The second-order valence-electron chi connectivity index (χ2n) is 2.89. The van der Waals surface area contributed by atoms with E-state index in [0.29, 0.717) is 5.69 Å². The normalized spacial score (nSPS) is 11.9. The zero-order chi connectivity index (χ0) is 11.4. The third kappa shape index (κ3) is 3.35. The second-order valence-corrected chi connectivity index (χ2v) is 2.89. The van der Waals surface area contributed by atoms with Crippen LogP contribution in [-0.4, -0.2) is 22.5 Å². The average Bonchev–Trinajstić information content (AvgIpc) is 2.08. The number of amides is 2. The number of aromatic hydroxyl groups is 1. The Labute approximate surface area is 86.3 Å². The number of benzene rings is 1. The van der Waals surface area contributed by atoms with Crippen LogP contribution in [0.3, 0.4) is 0 Å². The number of anilines is 1. The monoisotopic (exact) mass is 212 g/mol. The van der Waals surface area contributed by atoms with Crippen molar-refractivity contribution < 1.29 is 19.7 Å². The SMILES string of the molecule is CC(O)Oc1ccc(NC(N)=O)cc1O. The highest BCUT2D eigenvalue weighted by Gasteiger charge is 2.06. The van der Waals surface area contributed by atoms with Crippen molar-refractivity contribution in [1.82, 2.24) is 0 Å². The number of aliphatic hydroxyl groups excluding tert-OH is 1. The molecule has 15 heavy (non-hydrogen) atoms. The largest absolute Gasteiger partial charge is 0.504 e. The minimum absolute atomic E-state index is 0.125. The average molecular weight is 212 g/mol. The van der Waals surface area contributed by atoms with E-state index >= 15 is 0 Å². The van der Waals surface area contributed by atoms with Crippen molar-refractivity contribution in [2.24, 2.45) is 5.73 Å². The van der Waals surface area contributed by atoms with Crippen LogP contribution in [0, 0.1) is 0 Å². The number of nitrogens with two attached hydrogens (primary N) is 1. The lowest BCUT2D eigenvalue weighted by Gasteiger charge is -2.11. The third-order valence-electron chi connectivity index (χ3n) is 1.52. The first kappa shape index (κ1) is 11.1. The number of phenols is 1. The summed E-state index contributed by atoms with van der Waals surface area (Å²) in [7, 11) is 0. The van der Waals surface area contributed by atoms with Gasteiger partial charge in [0.1, 0.15) is 0 Å². The minimum Gasteiger partial charge on any atom is -0.504 e. The van der Waals surface area contributed by atoms with E-state index in [0.717, 1.165) is 0 Å². The van der Waals surface area contributed by atoms with Crippen molar-refractivity contribution in [1.29, 1.82) is 0 Å². The first-order valence-electron chi connectivity index (χ1n) is 4.23. The van der Waals surface area contributed by atoms with Gasteiger partial charge in [0.15, 0.2) is 17.8 Å². The van der Waals surface area contributed by atoms with Crippen molar-refractivity contribution in [2.75, 3.05) is 5.32 Å².